The molecule has 2 heterocycles. The number of hydrogen-bond donors (Lipinski definition) is 2. The summed E-state index contributed by atoms with van der Waals surface area (Å²) in [6.07, 6.45) is 1.30. The number of carbonyl (C=O) groups is 1. The molecule has 0 radical (unpaired) electrons. The molecule has 2 atom stereocenters. The van der Waals surface area contributed by atoms with Crippen LogP contribution in [0.5, 0.6) is 5.75 Å². The summed E-state index contributed by atoms with van der Waals surface area (Å²) >= 11 is 0. The maximum Gasteiger partial charge on any atom is 0.270 e. The van der Waals surface area contributed by atoms with Gasteiger partial charge in [0.05, 0.1) is 0 Å². The highest BCUT2D eigenvalue weighted by Gasteiger charge is 2.46. The van der Waals surface area contributed by atoms with E-state index in [0.29, 0.717) is 5.69 Å². The third kappa shape index (κ3) is 1.41. The van der Waals surface area contributed by atoms with Gasteiger partial charge in [0, 0.05) is 24.0 Å². The zero-order valence-corrected chi connectivity index (χ0v) is 9.89. The van der Waals surface area contributed by atoms with Crippen LogP contribution in [0, 0.1) is 11.8 Å². The lowest BCUT2D eigenvalue weighted by Crippen LogP contribution is -2.30. The van der Waals surface area contributed by atoms with Gasteiger partial charge >= 0.3 is 0 Å². The molecule has 18 heavy (non-hydrogen) atoms. The average molecular weight is 242 g/mol. The van der Waals surface area contributed by atoms with Crippen LogP contribution >= 0.6 is 0 Å². The van der Waals surface area contributed by atoms with Crippen LogP contribution in [0.15, 0.2) is 24.3 Å². The third-order valence-corrected chi connectivity index (χ3v) is 4.10. The number of fused-ring (bicyclic) bond motifs is 2. The van der Waals surface area contributed by atoms with E-state index in [9.17, 15) is 9.90 Å². The number of nitrogens with zero attached hydrogens (tertiary/aromatic N) is 1. The molecule has 1 aromatic carbocycles. The minimum absolute atomic E-state index is 0.0814. The smallest absolute Gasteiger partial charge is 0.270 e. The van der Waals surface area contributed by atoms with Crippen LogP contribution in [0.4, 0.5) is 0 Å². The van der Waals surface area contributed by atoms with E-state index in [1.165, 1.54) is 6.42 Å². The molecule has 0 spiro atoms. The van der Waals surface area contributed by atoms with Crippen molar-refractivity contribution in [3.8, 4) is 5.75 Å². The van der Waals surface area contributed by atoms with E-state index in [1.54, 1.807) is 18.2 Å². The normalized spacial score (nSPS) is 25.4. The van der Waals surface area contributed by atoms with Gasteiger partial charge in [-0.15, -0.1) is 0 Å². The van der Waals surface area contributed by atoms with Crippen molar-refractivity contribution in [3.05, 3.63) is 30.0 Å². The van der Waals surface area contributed by atoms with Gasteiger partial charge in [0.15, 0.2) is 0 Å². The van der Waals surface area contributed by atoms with Crippen molar-refractivity contribution in [3.63, 3.8) is 0 Å². The number of rotatable bonds is 1. The van der Waals surface area contributed by atoms with Crippen LogP contribution in [0.3, 0.4) is 0 Å². The van der Waals surface area contributed by atoms with Crippen molar-refractivity contribution in [1.82, 2.24) is 9.88 Å². The summed E-state index contributed by atoms with van der Waals surface area (Å²) in [6, 6.07) is 6.91. The Morgan fingerprint density at radius 1 is 1.28 bits per heavy atom. The molecule has 1 aromatic heterocycles. The predicted molar refractivity (Wildman–Crippen MR) is 67.5 cm³/mol. The number of amides is 1. The fraction of sp³-hybridized carbons (Fsp3) is 0.357. The molecule has 1 amide bonds. The Morgan fingerprint density at radius 2 is 2.06 bits per heavy atom. The van der Waals surface area contributed by atoms with E-state index in [-0.39, 0.29) is 11.7 Å². The van der Waals surface area contributed by atoms with Crippen LogP contribution in [0.1, 0.15) is 16.9 Å². The van der Waals surface area contributed by atoms with E-state index in [1.807, 2.05) is 11.0 Å². The van der Waals surface area contributed by atoms with Gasteiger partial charge in [-0.05, 0) is 42.5 Å². The number of piperidine rings is 1. The summed E-state index contributed by atoms with van der Waals surface area (Å²) in [5, 5.41) is 10.3. The van der Waals surface area contributed by atoms with Gasteiger partial charge in [0.2, 0.25) is 0 Å². The Balaban J connectivity index is 1.67. The van der Waals surface area contributed by atoms with E-state index >= 15 is 0 Å². The molecule has 1 aliphatic carbocycles. The number of phenolic OH excluding ortho intramolecular Hbond substituents is 1. The van der Waals surface area contributed by atoms with Crippen LogP contribution < -0.4 is 0 Å². The molecule has 2 N–H and O–H groups in total. The quantitative estimate of drug-likeness (QED) is 0.803. The lowest BCUT2D eigenvalue weighted by molar-refractivity contribution is 0.0770. The Labute approximate surface area is 104 Å². The molecular formula is C14H14N2O2. The molecule has 1 saturated carbocycles. The molecule has 92 valence electrons. The number of aromatic nitrogens is 1. The highest BCUT2D eigenvalue weighted by atomic mass is 16.3. The number of nitrogens with one attached hydrogen (secondary N) is 1. The van der Waals surface area contributed by atoms with E-state index in [4.69, 9.17) is 0 Å². The molecule has 0 bridgehead atoms. The molecule has 2 aromatic rings. The highest BCUT2D eigenvalue weighted by molar-refractivity contribution is 5.98. The second-order valence-electron chi connectivity index (χ2n) is 5.42. The molecular weight excluding hydrogens is 228 g/mol. The second kappa shape index (κ2) is 3.28. The summed E-state index contributed by atoms with van der Waals surface area (Å²) in [5.74, 6) is 1.81. The molecule has 1 saturated heterocycles. The Morgan fingerprint density at radius 3 is 2.83 bits per heavy atom. The fourth-order valence-electron chi connectivity index (χ4n) is 2.97. The number of carbonyl (C=O) groups excluding carboxylic acids is 1. The van der Waals surface area contributed by atoms with Gasteiger partial charge in [-0.3, -0.25) is 4.79 Å². The molecule has 2 unspecified atom stereocenters. The van der Waals surface area contributed by atoms with Crippen LogP contribution in [-0.4, -0.2) is 34.0 Å². The first-order chi connectivity index (χ1) is 8.70. The number of aromatic hydroxyl groups is 1. The summed E-state index contributed by atoms with van der Waals surface area (Å²) in [6.45, 7) is 1.81. The minimum atomic E-state index is 0.0814. The van der Waals surface area contributed by atoms with Gasteiger partial charge in [-0.25, -0.2) is 0 Å². The Bertz CT molecular complexity index is 636. The SMILES string of the molecule is O=C(c1cc2cc(O)ccc2[nH]1)N1CC2CC2C1. The monoisotopic (exact) mass is 242 g/mol. The van der Waals surface area contributed by atoms with Crippen LogP contribution in [-0.2, 0) is 0 Å². The lowest BCUT2D eigenvalue weighted by Gasteiger charge is -2.16. The molecule has 2 aliphatic rings. The highest BCUT2D eigenvalue weighted by Crippen LogP contribution is 2.45. The lowest BCUT2D eigenvalue weighted by atomic mass is 10.2. The molecule has 2 fully saturated rings. The largest absolute Gasteiger partial charge is 0.508 e. The first-order valence-corrected chi connectivity index (χ1v) is 6.32. The maximum absolute atomic E-state index is 12.3. The van der Waals surface area contributed by atoms with E-state index in [2.05, 4.69) is 4.98 Å². The summed E-state index contributed by atoms with van der Waals surface area (Å²) in [5.41, 5.74) is 1.51. The number of benzene rings is 1. The average Bonchev–Trinajstić information content (AvgIpc) is 2.81. The molecule has 1 aliphatic heterocycles. The molecule has 4 rings (SSSR count). The standard InChI is InChI=1S/C14H14N2O2/c17-11-1-2-12-8(4-11)5-13(15-12)14(18)16-6-9-3-10(9)7-16/h1-2,4-5,9-10,15,17H,3,6-7H2. The second-order valence-corrected chi connectivity index (χ2v) is 5.42. The van der Waals surface area contributed by atoms with Crippen LogP contribution in [0.2, 0.25) is 0 Å². The minimum Gasteiger partial charge on any atom is -0.508 e. The fourth-order valence-corrected chi connectivity index (χ4v) is 2.97. The third-order valence-electron chi connectivity index (χ3n) is 4.10. The molecule has 4 nitrogen and oxygen atoms in total. The Kier molecular flexibility index (Phi) is 1.82. The van der Waals surface area contributed by atoms with Gasteiger partial charge < -0.3 is 15.0 Å². The van der Waals surface area contributed by atoms with E-state index in [0.717, 1.165) is 35.8 Å². The number of hydrogen-bond acceptors (Lipinski definition) is 2. The molecule has 4 heteroatoms. The number of likely N-dealkylation sites (tertiary alicyclic amines) is 1. The summed E-state index contributed by atoms with van der Waals surface area (Å²) in [4.78, 5) is 17.4. The van der Waals surface area contributed by atoms with Crippen molar-refractivity contribution < 1.29 is 9.90 Å². The maximum atomic E-state index is 12.3. The number of aromatic amines is 1. The van der Waals surface area contributed by atoms with Crippen molar-refractivity contribution in [2.45, 2.75) is 6.42 Å². The van der Waals surface area contributed by atoms with Crippen molar-refractivity contribution in [2.75, 3.05) is 13.1 Å². The van der Waals surface area contributed by atoms with Crippen molar-refractivity contribution >= 4 is 16.8 Å². The zero-order valence-electron chi connectivity index (χ0n) is 9.89. The first-order valence-electron chi connectivity index (χ1n) is 6.32. The van der Waals surface area contributed by atoms with Gasteiger partial charge in [-0.2, -0.15) is 0 Å². The summed E-state index contributed by atoms with van der Waals surface area (Å²) < 4.78 is 0. The number of phenols is 1. The van der Waals surface area contributed by atoms with Crippen molar-refractivity contribution in [2.24, 2.45) is 11.8 Å². The van der Waals surface area contributed by atoms with Gasteiger partial charge in [0.25, 0.3) is 5.91 Å². The zero-order chi connectivity index (χ0) is 12.3. The first kappa shape index (κ1) is 10.00. The van der Waals surface area contributed by atoms with Crippen molar-refractivity contribution in [1.29, 1.82) is 0 Å². The Hall–Kier alpha value is -1.97. The van der Waals surface area contributed by atoms with Gasteiger partial charge in [0.1, 0.15) is 11.4 Å². The topological polar surface area (TPSA) is 56.3 Å². The van der Waals surface area contributed by atoms with Gasteiger partial charge in [-0.1, -0.05) is 0 Å². The van der Waals surface area contributed by atoms with Crippen LogP contribution in [0.25, 0.3) is 10.9 Å². The summed E-state index contributed by atoms with van der Waals surface area (Å²) in [7, 11) is 0. The van der Waals surface area contributed by atoms with E-state index < -0.39 is 0 Å². The number of H-pyrrole nitrogens is 1. The predicted octanol–water partition coefficient (Wildman–Crippen LogP) is 1.97.